The molecule has 1 fully saturated rings. The number of benzene rings is 2. The predicted octanol–water partition coefficient (Wildman–Crippen LogP) is 3.68. The van der Waals surface area contributed by atoms with Crippen LogP contribution in [-0.2, 0) is 7.05 Å². The summed E-state index contributed by atoms with van der Waals surface area (Å²) in [7, 11) is 3.33. The first-order valence-electron chi connectivity index (χ1n) is 11.5. The van der Waals surface area contributed by atoms with Crippen LogP contribution in [0.1, 0.15) is 24.3 Å². The highest BCUT2D eigenvalue weighted by Gasteiger charge is 2.22. The molecule has 1 N–H and O–H groups in total. The van der Waals surface area contributed by atoms with Crippen LogP contribution < -0.4 is 15.0 Å². The number of ether oxygens (including phenoxy) is 2. The lowest BCUT2D eigenvalue weighted by atomic mass is 9.89. The molecule has 2 heterocycles. The fourth-order valence-electron chi connectivity index (χ4n) is 4.42. The van der Waals surface area contributed by atoms with Crippen molar-refractivity contribution in [2.24, 2.45) is 7.05 Å². The van der Waals surface area contributed by atoms with Crippen molar-refractivity contribution in [3.63, 3.8) is 0 Å². The van der Waals surface area contributed by atoms with E-state index < -0.39 is 6.10 Å². The third-order valence-corrected chi connectivity index (χ3v) is 6.30. The quantitative estimate of drug-likeness (QED) is 0.570. The SMILES string of the molecule is COc1cc(OCC(O)CN2CCC(c3ccccc3)CC2)cc(-c2ccc(=O)n(C)c2)c1. The first kappa shape index (κ1) is 23.1. The van der Waals surface area contributed by atoms with Crippen LogP contribution in [-0.4, -0.2) is 54.0 Å². The number of hydrogen-bond donors (Lipinski definition) is 1. The molecule has 2 aromatic carbocycles. The molecule has 6 nitrogen and oxygen atoms in total. The van der Waals surface area contributed by atoms with Gasteiger partial charge in [0.1, 0.15) is 24.2 Å². The summed E-state index contributed by atoms with van der Waals surface area (Å²) in [6, 6.07) is 19.6. The van der Waals surface area contributed by atoms with Gasteiger partial charge >= 0.3 is 0 Å². The van der Waals surface area contributed by atoms with Crippen molar-refractivity contribution >= 4 is 0 Å². The van der Waals surface area contributed by atoms with Crippen LogP contribution in [0.15, 0.2) is 71.7 Å². The van der Waals surface area contributed by atoms with Crippen molar-refractivity contribution in [2.45, 2.75) is 24.9 Å². The maximum atomic E-state index is 11.7. The van der Waals surface area contributed by atoms with E-state index in [1.165, 1.54) is 5.56 Å². The molecule has 1 aliphatic heterocycles. The molecule has 1 aromatic heterocycles. The normalized spacial score (nSPS) is 15.8. The summed E-state index contributed by atoms with van der Waals surface area (Å²) in [4.78, 5) is 14.0. The zero-order chi connectivity index (χ0) is 23.2. The number of pyridine rings is 1. The molecule has 4 rings (SSSR count). The van der Waals surface area contributed by atoms with Gasteiger partial charge in [-0.05, 0) is 66.7 Å². The summed E-state index contributed by atoms with van der Waals surface area (Å²) in [5, 5.41) is 10.6. The van der Waals surface area contributed by atoms with Crippen LogP contribution in [0.2, 0.25) is 0 Å². The van der Waals surface area contributed by atoms with E-state index in [0.717, 1.165) is 37.1 Å². The molecular weight excluding hydrogens is 416 g/mol. The van der Waals surface area contributed by atoms with E-state index in [1.54, 1.807) is 37.1 Å². The molecule has 0 amide bonds. The lowest BCUT2D eigenvalue weighted by molar-refractivity contribution is 0.0594. The summed E-state index contributed by atoms with van der Waals surface area (Å²) in [6.07, 6.45) is 3.42. The fourth-order valence-corrected chi connectivity index (χ4v) is 4.42. The van der Waals surface area contributed by atoms with Gasteiger partial charge in [0, 0.05) is 31.9 Å². The van der Waals surface area contributed by atoms with Crippen molar-refractivity contribution in [3.05, 3.63) is 82.8 Å². The van der Waals surface area contributed by atoms with E-state index in [0.29, 0.717) is 24.0 Å². The third kappa shape index (κ3) is 6.03. The largest absolute Gasteiger partial charge is 0.497 e. The number of β-amino-alcohol motifs (C(OH)–C–C–N with tert-alkyl or cyclic N) is 1. The molecule has 174 valence electrons. The fraction of sp³-hybridized carbons (Fsp3) is 0.370. The molecule has 0 aliphatic carbocycles. The highest BCUT2D eigenvalue weighted by atomic mass is 16.5. The average Bonchev–Trinajstić information content (AvgIpc) is 2.85. The number of aliphatic hydroxyl groups excluding tert-OH is 1. The molecule has 6 heteroatoms. The van der Waals surface area contributed by atoms with Crippen molar-refractivity contribution in [2.75, 3.05) is 33.4 Å². The van der Waals surface area contributed by atoms with Gasteiger partial charge in [-0.25, -0.2) is 0 Å². The van der Waals surface area contributed by atoms with Gasteiger partial charge in [0.05, 0.1) is 7.11 Å². The molecule has 0 saturated carbocycles. The first-order valence-corrected chi connectivity index (χ1v) is 11.5. The number of hydrogen-bond acceptors (Lipinski definition) is 5. The number of aromatic nitrogens is 1. The Morgan fingerprint density at radius 1 is 1.00 bits per heavy atom. The van der Waals surface area contributed by atoms with Gasteiger partial charge in [0.2, 0.25) is 5.56 Å². The topological polar surface area (TPSA) is 63.9 Å². The molecule has 1 atom stereocenters. The van der Waals surface area contributed by atoms with Gasteiger partial charge in [0.25, 0.3) is 0 Å². The molecule has 33 heavy (non-hydrogen) atoms. The number of methoxy groups -OCH3 is 1. The number of aliphatic hydroxyl groups is 1. The Hall–Kier alpha value is -3.09. The van der Waals surface area contributed by atoms with Gasteiger partial charge in [-0.3, -0.25) is 4.79 Å². The van der Waals surface area contributed by atoms with E-state index in [9.17, 15) is 9.90 Å². The number of piperidine rings is 1. The molecule has 0 spiro atoms. The standard InChI is InChI=1S/C27H32N2O4/c1-28-17-22(8-9-27(28)31)23-14-25(32-2)16-26(15-23)33-19-24(30)18-29-12-10-21(11-13-29)20-6-4-3-5-7-20/h3-9,14-17,21,24,30H,10-13,18-19H2,1-2H3. The van der Waals surface area contributed by atoms with Gasteiger partial charge in [0.15, 0.2) is 0 Å². The second-order valence-electron chi connectivity index (χ2n) is 8.71. The second kappa shape index (κ2) is 10.7. The summed E-state index contributed by atoms with van der Waals surface area (Å²) >= 11 is 0. The summed E-state index contributed by atoms with van der Waals surface area (Å²) in [5.41, 5.74) is 3.13. The third-order valence-electron chi connectivity index (χ3n) is 6.30. The Bertz CT molecular complexity index is 1100. The summed E-state index contributed by atoms with van der Waals surface area (Å²) in [6.45, 7) is 2.76. The lowest BCUT2D eigenvalue weighted by Crippen LogP contribution is -2.40. The molecular formula is C27H32N2O4. The van der Waals surface area contributed by atoms with E-state index in [4.69, 9.17) is 9.47 Å². The smallest absolute Gasteiger partial charge is 0.250 e. The van der Waals surface area contributed by atoms with Crippen LogP contribution in [0.4, 0.5) is 0 Å². The minimum absolute atomic E-state index is 0.0611. The summed E-state index contributed by atoms with van der Waals surface area (Å²) < 4.78 is 12.9. The van der Waals surface area contributed by atoms with Gasteiger partial charge in [-0.15, -0.1) is 0 Å². The van der Waals surface area contributed by atoms with Crippen molar-refractivity contribution in [1.29, 1.82) is 0 Å². The van der Waals surface area contributed by atoms with E-state index in [1.807, 2.05) is 18.2 Å². The van der Waals surface area contributed by atoms with Crippen LogP contribution >= 0.6 is 0 Å². The highest BCUT2D eigenvalue weighted by Crippen LogP contribution is 2.30. The van der Waals surface area contributed by atoms with Gasteiger partial charge in [-0.1, -0.05) is 30.3 Å². The summed E-state index contributed by atoms with van der Waals surface area (Å²) in [5.74, 6) is 1.89. The van der Waals surface area contributed by atoms with Crippen molar-refractivity contribution < 1.29 is 14.6 Å². The molecule has 3 aromatic rings. The Balaban J connectivity index is 1.33. The minimum Gasteiger partial charge on any atom is -0.497 e. The number of likely N-dealkylation sites (tertiary alicyclic amines) is 1. The van der Waals surface area contributed by atoms with Crippen LogP contribution in [0.3, 0.4) is 0 Å². The monoisotopic (exact) mass is 448 g/mol. The maximum Gasteiger partial charge on any atom is 0.250 e. The van der Waals surface area contributed by atoms with Crippen LogP contribution in [0.5, 0.6) is 11.5 Å². The number of rotatable bonds is 8. The molecule has 0 radical (unpaired) electrons. The minimum atomic E-state index is -0.578. The Morgan fingerprint density at radius 2 is 1.73 bits per heavy atom. The molecule has 1 unspecified atom stereocenters. The molecule has 1 aliphatic rings. The van der Waals surface area contributed by atoms with E-state index in [-0.39, 0.29) is 12.2 Å². The first-order chi connectivity index (χ1) is 16.0. The Kier molecular flexibility index (Phi) is 7.47. The number of aryl methyl sites for hydroxylation is 1. The zero-order valence-corrected chi connectivity index (χ0v) is 19.3. The van der Waals surface area contributed by atoms with Gasteiger partial charge in [-0.2, -0.15) is 0 Å². The van der Waals surface area contributed by atoms with Crippen molar-refractivity contribution in [3.8, 4) is 22.6 Å². The lowest BCUT2D eigenvalue weighted by Gasteiger charge is -2.33. The van der Waals surface area contributed by atoms with Crippen LogP contribution in [0.25, 0.3) is 11.1 Å². The average molecular weight is 449 g/mol. The number of nitrogens with zero attached hydrogens (tertiary/aromatic N) is 2. The van der Waals surface area contributed by atoms with E-state index >= 15 is 0 Å². The maximum absolute atomic E-state index is 11.7. The predicted molar refractivity (Wildman–Crippen MR) is 130 cm³/mol. The molecule has 0 bridgehead atoms. The molecule has 1 saturated heterocycles. The Morgan fingerprint density at radius 3 is 2.42 bits per heavy atom. The highest BCUT2D eigenvalue weighted by molar-refractivity contribution is 5.66. The second-order valence-corrected chi connectivity index (χ2v) is 8.71. The Labute approximate surface area is 195 Å². The zero-order valence-electron chi connectivity index (χ0n) is 19.3. The van der Waals surface area contributed by atoms with Crippen LogP contribution in [0, 0.1) is 0 Å². The van der Waals surface area contributed by atoms with Gasteiger partial charge < -0.3 is 24.0 Å². The van der Waals surface area contributed by atoms with E-state index in [2.05, 4.69) is 35.2 Å². The van der Waals surface area contributed by atoms with Crippen molar-refractivity contribution in [1.82, 2.24) is 9.47 Å².